The zero-order chi connectivity index (χ0) is 11.6. The minimum atomic E-state index is -0.0458. The molecule has 0 saturated heterocycles. The van der Waals surface area contributed by atoms with Gasteiger partial charge in [0.1, 0.15) is 11.8 Å². The van der Waals surface area contributed by atoms with Crippen LogP contribution in [0, 0.1) is 17.2 Å². The van der Waals surface area contributed by atoms with Crippen LogP contribution in [-0.4, -0.2) is 17.1 Å². The van der Waals surface area contributed by atoms with Crippen LogP contribution in [0.5, 0.6) is 0 Å². The van der Waals surface area contributed by atoms with Gasteiger partial charge in [-0.25, -0.2) is 4.98 Å². The monoisotopic (exact) mass is 216 g/mol. The zero-order valence-corrected chi connectivity index (χ0v) is 9.40. The predicted molar refractivity (Wildman–Crippen MR) is 62.8 cm³/mol. The van der Waals surface area contributed by atoms with Crippen LogP contribution in [0.4, 0.5) is 5.69 Å². The number of pyridine rings is 1. The lowest BCUT2D eigenvalue weighted by atomic mass is 9.95. The van der Waals surface area contributed by atoms with Gasteiger partial charge in [0, 0.05) is 12.1 Å². The van der Waals surface area contributed by atoms with Crippen molar-refractivity contribution in [1.82, 2.24) is 4.98 Å². The molecule has 2 rings (SSSR count). The predicted octanol–water partition coefficient (Wildman–Crippen LogP) is 1.49. The van der Waals surface area contributed by atoms with E-state index in [4.69, 9.17) is 11.0 Å². The number of nitrogens with two attached hydrogens (primary N) is 1. The summed E-state index contributed by atoms with van der Waals surface area (Å²) >= 11 is 0. The summed E-state index contributed by atoms with van der Waals surface area (Å²) in [5.74, 6) is 0.660. The Morgan fingerprint density at radius 1 is 1.62 bits per heavy atom. The number of nitriles is 1. The molecule has 1 fully saturated rings. The van der Waals surface area contributed by atoms with Gasteiger partial charge in [-0.05, 0) is 37.8 Å². The van der Waals surface area contributed by atoms with Crippen molar-refractivity contribution in [3.63, 3.8) is 0 Å². The number of nitrogens with zero attached hydrogens (tertiary/aromatic N) is 2. The summed E-state index contributed by atoms with van der Waals surface area (Å²) in [6.45, 7) is 2.75. The second kappa shape index (κ2) is 4.11. The first-order valence-electron chi connectivity index (χ1n) is 5.52. The van der Waals surface area contributed by atoms with Crippen molar-refractivity contribution in [3.05, 3.63) is 24.0 Å². The molecule has 0 aromatic carbocycles. The summed E-state index contributed by atoms with van der Waals surface area (Å²) in [5, 5.41) is 12.1. The highest BCUT2D eigenvalue weighted by atomic mass is 15.0. The van der Waals surface area contributed by atoms with E-state index in [1.54, 1.807) is 12.3 Å². The highest BCUT2D eigenvalue weighted by molar-refractivity contribution is 5.45. The molecule has 0 aliphatic heterocycles. The van der Waals surface area contributed by atoms with Gasteiger partial charge >= 0.3 is 0 Å². The van der Waals surface area contributed by atoms with Crippen LogP contribution >= 0.6 is 0 Å². The number of nitrogens with one attached hydrogen (secondary N) is 1. The normalized spacial score (nSPS) is 18.6. The molecule has 1 atom stereocenters. The van der Waals surface area contributed by atoms with E-state index in [0.717, 1.165) is 5.69 Å². The smallest absolute Gasteiger partial charge is 0.140 e. The summed E-state index contributed by atoms with van der Waals surface area (Å²) in [7, 11) is 0. The Morgan fingerprint density at radius 3 is 2.81 bits per heavy atom. The molecule has 1 unspecified atom stereocenters. The Labute approximate surface area is 95.5 Å². The van der Waals surface area contributed by atoms with Crippen molar-refractivity contribution in [2.24, 2.45) is 11.7 Å². The minimum Gasteiger partial charge on any atom is -0.377 e. The van der Waals surface area contributed by atoms with E-state index in [9.17, 15) is 0 Å². The average molecular weight is 216 g/mol. The maximum absolute atomic E-state index is 8.65. The molecule has 0 spiro atoms. The molecule has 4 heteroatoms. The molecule has 4 nitrogen and oxygen atoms in total. The van der Waals surface area contributed by atoms with Gasteiger partial charge in [-0.15, -0.1) is 0 Å². The third-order valence-electron chi connectivity index (χ3n) is 3.21. The Hall–Kier alpha value is -1.60. The molecule has 16 heavy (non-hydrogen) atoms. The molecule has 3 N–H and O–H groups in total. The van der Waals surface area contributed by atoms with Crippen LogP contribution in [0.3, 0.4) is 0 Å². The van der Waals surface area contributed by atoms with Gasteiger partial charge in [-0.2, -0.15) is 5.26 Å². The molecule has 1 heterocycles. The SMILES string of the molecule is CC(CN)(Nc1ccc(C#N)nc1)C1CC1. The third-order valence-corrected chi connectivity index (χ3v) is 3.21. The van der Waals surface area contributed by atoms with Gasteiger partial charge in [-0.3, -0.25) is 0 Å². The average Bonchev–Trinajstić information content (AvgIpc) is 3.14. The van der Waals surface area contributed by atoms with Crippen molar-refractivity contribution < 1.29 is 0 Å². The summed E-state index contributed by atoms with van der Waals surface area (Å²) in [6, 6.07) is 5.59. The fourth-order valence-corrected chi connectivity index (χ4v) is 1.90. The van der Waals surface area contributed by atoms with Crippen molar-refractivity contribution in [1.29, 1.82) is 5.26 Å². The quantitative estimate of drug-likeness (QED) is 0.799. The van der Waals surface area contributed by atoms with Gasteiger partial charge < -0.3 is 11.1 Å². The topological polar surface area (TPSA) is 74.7 Å². The first-order chi connectivity index (χ1) is 7.68. The number of hydrogen-bond donors (Lipinski definition) is 2. The molecule has 1 aromatic rings. The molecule has 0 bridgehead atoms. The summed E-state index contributed by atoms with van der Waals surface area (Å²) in [6.07, 6.45) is 4.17. The number of aromatic nitrogens is 1. The fourth-order valence-electron chi connectivity index (χ4n) is 1.90. The summed E-state index contributed by atoms with van der Waals surface area (Å²) in [4.78, 5) is 4.03. The van der Waals surface area contributed by atoms with Gasteiger partial charge in [0.25, 0.3) is 0 Å². The highest BCUT2D eigenvalue weighted by Crippen LogP contribution is 2.40. The van der Waals surface area contributed by atoms with Crippen LogP contribution < -0.4 is 11.1 Å². The molecule has 1 aliphatic carbocycles. The second-order valence-electron chi connectivity index (χ2n) is 4.56. The van der Waals surface area contributed by atoms with Crippen LogP contribution in [0.2, 0.25) is 0 Å². The molecular formula is C12H16N4. The van der Waals surface area contributed by atoms with E-state index in [-0.39, 0.29) is 5.54 Å². The van der Waals surface area contributed by atoms with E-state index < -0.39 is 0 Å². The summed E-state index contributed by atoms with van der Waals surface area (Å²) < 4.78 is 0. The zero-order valence-electron chi connectivity index (χ0n) is 9.40. The first kappa shape index (κ1) is 10.9. The van der Waals surface area contributed by atoms with Crippen LogP contribution in [0.25, 0.3) is 0 Å². The van der Waals surface area contributed by atoms with Gasteiger partial charge in [0.05, 0.1) is 11.9 Å². The van der Waals surface area contributed by atoms with Gasteiger partial charge in [-0.1, -0.05) is 0 Å². The van der Waals surface area contributed by atoms with Crippen molar-refractivity contribution >= 4 is 5.69 Å². The Morgan fingerprint density at radius 2 is 2.38 bits per heavy atom. The largest absolute Gasteiger partial charge is 0.377 e. The second-order valence-corrected chi connectivity index (χ2v) is 4.56. The van der Waals surface area contributed by atoms with Gasteiger partial charge in [0.2, 0.25) is 0 Å². The summed E-state index contributed by atoms with van der Waals surface area (Å²) in [5.41, 5.74) is 7.14. The Balaban J connectivity index is 2.10. The van der Waals surface area contributed by atoms with Crippen LogP contribution in [-0.2, 0) is 0 Å². The van der Waals surface area contributed by atoms with Crippen molar-refractivity contribution in [2.45, 2.75) is 25.3 Å². The lowest BCUT2D eigenvalue weighted by Gasteiger charge is -2.30. The lowest BCUT2D eigenvalue weighted by Crippen LogP contribution is -2.44. The molecule has 84 valence electrons. The molecule has 0 radical (unpaired) electrons. The number of anilines is 1. The first-order valence-corrected chi connectivity index (χ1v) is 5.52. The molecular weight excluding hydrogens is 200 g/mol. The lowest BCUT2D eigenvalue weighted by molar-refractivity contribution is 0.459. The number of rotatable bonds is 4. The van der Waals surface area contributed by atoms with E-state index >= 15 is 0 Å². The molecule has 1 aliphatic rings. The van der Waals surface area contributed by atoms with Crippen molar-refractivity contribution in [3.8, 4) is 6.07 Å². The van der Waals surface area contributed by atoms with E-state index in [1.807, 2.05) is 12.1 Å². The maximum Gasteiger partial charge on any atom is 0.140 e. The van der Waals surface area contributed by atoms with E-state index in [1.165, 1.54) is 12.8 Å². The van der Waals surface area contributed by atoms with E-state index in [0.29, 0.717) is 18.2 Å². The van der Waals surface area contributed by atoms with Gasteiger partial charge in [0.15, 0.2) is 0 Å². The Bertz CT molecular complexity index is 402. The fraction of sp³-hybridized carbons (Fsp3) is 0.500. The molecule has 1 saturated carbocycles. The molecule has 0 amide bonds. The van der Waals surface area contributed by atoms with Crippen LogP contribution in [0.15, 0.2) is 18.3 Å². The third kappa shape index (κ3) is 2.15. The van der Waals surface area contributed by atoms with Crippen molar-refractivity contribution in [2.75, 3.05) is 11.9 Å². The number of hydrogen-bond acceptors (Lipinski definition) is 4. The Kier molecular flexibility index (Phi) is 2.80. The minimum absolute atomic E-state index is 0.0458. The van der Waals surface area contributed by atoms with Crippen LogP contribution in [0.1, 0.15) is 25.5 Å². The molecule has 1 aromatic heterocycles. The maximum atomic E-state index is 8.65. The van der Waals surface area contributed by atoms with E-state index in [2.05, 4.69) is 17.2 Å². The standard InChI is InChI=1S/C12H16N4/c1-12(8-14,9-2-3-9)16-11-5-4-10(6-13)15-7-11/h4-5,7,9,16H,2-3,8,14H2,1H3. The highest BCUT2D eigenvalue weighted by Gasteiger charge is 2.40.